The largest absolute Gasteiger partial charge is 0.346 e. The van der Waals surface area contributed by atoms with Gasteiger partial charge in [-0.3, -0.25) is 4.68 Å². The van der Waals surface area contributed by atoms with E-state index in [-0.39, 0.29) is 6.04 Å². The van der Waals surface area contributed by atoms with Gasteiger partial charge in [-0.15, -0.1) is 0 Å². The molecule has 0 amide bonds. The van der Waals surface area contributed by atoms with Crippen LogP contribution in [0.15, 0.2) is 31.0 Å². The molecular formula is C17H18N6. The van der Waals surface area contributed by atoms with Crippen molar-refractivity contribution >= 4 is 11.0 Å². The fourth-order valence-corrected chi connectivity index (χ4v) is 3.68. The van der Waals surface area contributed by atoms with Gasteiger partial charge in [0.2, 0.25) is 0 Å². The highest BCUT2D eigenvalue weighted by molar-refractivity contribution is 5.89. The Balaban J connectivity index is 1.67. The molecule has 6 nitrogen and oxygen atoms in total. The Morgan fingerprint density at radius 1 is 1.39 bits per heavy atom. The molecular weight excluding hydrogens is 288 g/mol. The van der Waals surface area contributed by atoms with Crippen molar-refractivity contribution in [3.05, 3.63) is 31.0 Å². The summed E-state index contributed by atoms with van der Waals surface area (Å²) in [6.07, 6.45) is 9.23. The molecule has 1 aliphatic carbocycles. The van der Waals surface area contributed by atoms with Crippen molar-refractivity contribution in [2.24, 2.45) is 11.3 Å². The van der Waals surface area contributed by atoms with Crippen LogP contribution >= 0.6 is 0 Å². The fraction of sp³-hybridized carbons (Fsp3) is 0.412. The van der Waals surface area contributed by atoms with E-state index in [2.05, 4.69) is 40.0 Å². The van der Waals surface area contributed by atoms with Crippen LogP contribution in [0.25, 0.3) is 22.3 Å². The molecule has 1 fully saturated rings. The Kier molecular flexibility index (Phi) is 2.98. The van der Waals surface area contributed by atoms with Crippen molar-refractivity contribution < 1.29 is 0 Å². The van der Waals surface area contributed by atoms with Gasteiger partial charge in [0, 0.05) is 23.3 Å². The summed E-state index contributed by atoms with van der Waals surface area (Å²) < 4.78 is 1.79. The second-order valence-electron chi connectivity index (χ2n) is 7.08. The van der Waals surface area contributed by atoms with Gasteiger partial charge in [-0.1, -0.05) is 13.8 Å². The molecule has 116 valence electrons. The standard InChI is InChI=1S/C17H18N6/c1-17(2)5-11(6-17)14(7-18)23-9-12(8-22-23)15-13-3-4-19-16(13)21-10-20-15/h3-4,8-11,14H,5-6H2,1-2H3,(H,19,20,21). The van der Waals surface area contributed by atoms with E-state index in [0.717, 1.165) is 35.1 Å². The molecule has 1 saturated carbocycles. The minimum absolute atomic E-state index is 0.208. The van der Waals surface area contributed by atoms with Crippen LogP contribution in [0.1, 0.15) is 32.7 Å². The first-order valence-corrected chi connectivity index (χ1v) is 7.80. The van der Waals surface area contributed by atoms with E-state index >= 15 is 0 Å². The Bertz CT molecular complexity index is 889. The summed E-state index contributed by atoms with van der Waals surface area (Å²) in [5.74, 6) is 0.375. The number of aromatic amines is 1. The average molecular weight is 306 g/mol. The van der Waals surface area contributed by atoms with Crippen molar-refractivity contribution in [2.75, 3.05) is 0 Å². The number of hydrogen-bond donors (Lipinski definition) is 1. The van der Waals surface area contributed by atoms with Crippen LogP contribution < -0.4 is 0 Å². The molecule has 6 heteroatoms. The van der Waals surface area contributed by atoms with Crippen molar-refractivity contribution in [1.82, 2.24) is 24.7 Å². The molecule has 0 radical (unpaired) electrons. The zero-order chi connectivity index (χ0) is 16.0. The van der Waals surface area contributed by atoms with Crippen LogP contribution in [0, 0.1) is 22.7 Å². The zero-order valence-electron chi connectivity index (χ0n) is 13.2. The molecule has 1 N–H and O–H groups in total. The fourth-order valence-electron chi connectivity index (χ4n) is 3.68. The number of hydrogen-bond acceptors (Lipinski definition) is 4. The highest BCUT2D eigenvalue weighted by atomic mass is 15.3. The van der Waals surface area contributed by atoms with Crippen molar-refractivity contribution in [3.8, 4) is 17.3 Å². The van der Waals surface area contributed by atoms with E-state index in [4.69, 9.17) is 0 Å². The summed E-state index contributed by atoms with van der Waals surface area (Å²) in [6, 6.07) is 4.17. The first-order chi connectivity index (χ1) is 11.1. The maximum Gasteiger partial charge on any atom is 0.141 e. The van der Waals surface area contributed by atoms with Gasteiger partial charge in [0.15, 0.2) is 0 Å². The molecule has 23 heavy (non-hydrogen) atoms. The summed E-state index contributed by atoms with van der Waals surface area (Å²) in [5, 5.41) is 15.0. The number of aromatic nitrogens is 5. The Morgan fingerprint density at radius 3 is 2.96 bits per heavy atom. The van der Waals surface area contributed by atoms with Gasteiger partial charge >= 0.3 is 0 Å². The highest BCUT2D eigenvalue weighted by Gasteiger charge is 2.41. The maximum atomic E-state index is 9.56. The number of nitriles is 1. The second-order valence-corrected chi connectivity index (χ2v) is 7.08. The van der Waals surface area contributed by atoms with Gasteiger partial charge in [0.05, 0.1) is 18.0 Å². The lowest BCUT2D eigenvalue weighted by atomic mass is 9.62. The lowest BCUT2D eigenvalue weighted by Crippen LogP contribution is -2.37. The lowest BCUT2D eigenvalue weighted by molar-refractivity contribution is 0.0668. The van der Waals surface area contributed by atoms with Crippen LogP contribution in [0.2, 0.25) is 0 Å². The number of rotatable bonds is 3. The number of nitrogens with zero attached hydrogens (tertiary/aromatic N) is 5. The van der Waals surface area contributed by atoms with Crippen LogP contribution in [-0.2, 0) is 0 Å². The first kappa shape index (κ1) is 13.9. The molecule has 0 aromatic carbocycles. The molecule has 0 saturated heterocycles. The van der Waals surface area contributed by atoms with Crippen LogP contribution in [0.5, 0.6) is 0 Å². The predicted octanol–water partition coefficient (Wildman–Crippen LogP) is 3.32. The summed E-state index contributed by atoms with van der Waals surface area (Å²) in [6.45, 7) is 4.49. The molecule has 3 heterocycles. The predicted molar refractivity (Wildman–Crippen MR) is 86.3 cm³/mol. The van der Waals surface area contributed by atoms with Gasteiger partial charge in [-0.25, -0.2) is 9.97 Å². The summed E-state index contributed by atoms with van der Waals surface area (Å²) in [7, 11) is 0. The quantitative estimate of drug-likeness (QED) is 0.804. The minimum atomic E-state index is -0.208. The molecule has 3 aromatic heterocycles. The van der Waals surface area contributed by atoms with Gasteiger partial charge in [-0.05, 0) is 30.2 Å². The van der Waals surface area contributed by atoms with Gasteiger partial charge < -0.3 is 4.98 Å². The number of nitrogens with one attached hydrogen (secondary N) is 1. The van der Waals surface area contributed by atoms with Crippen LogP contribution in [-0.4, -0.2) is 24.7 Å². The van der Waals surface area contributed by atoms with Crippen molar-refractivity contribution in [1.29, 1.82) is 5.26 Å². The van der Waals surface area contributed by atoms with Crippen molar-refractivity contribution in [3.63, 3.8) is 0 Å². The molecule has 1 unspecified atom stereocenters. The third-order valence-electron chi connectivity index (χ3n) is 4.72. The van der Waals surface area contributed by atoms with Crippen molar-refractivity contribution in [2.45, 2.75) is 32.7 Å². The smallest absolute Gasteiger partial charge is 0.141 e. The van der Waals surface area contributed by atoms with E-state index < -0.39 is 0 Å². The molecule has 0 spiro atoms. The Morgan fingerprint density at radius 2 is 2.22 bits per heavy atom. The highest BCUT2D eigenvalue weighted by Crippen LogP contribution is 2.49. The van der Waals surface area contributed by atoms with E-state index in [1.165, 1.54) is 0 Å². The Labute approximate surface area is 134 Å². The van der Waals surface area contributed by atoms with E-state index in [1.54, 1.807) is 17.2 Å². The van der Waals surface area contributed by atoms with E-state index in [9.17, 15) is 5.26 Å². The molecule has 0 aliphatic heterocycles. The second kappa shape index (κ2) is 4.92. The first-order valence-electron chi connectivity index (χ1n) is 7.80. The lowest BCUT2D eigenvalue weighted by Gasteiger charge is -2.44. The molecule has 1 aliphatic rings. The third kappa shape index (κ3) is 2.29. The molecule has 1 atom stereocenters. The molecule has 3 aromatic rings. The summed E-state index contributed by atoms with van der Waals surface area (Å²) in [5.41, 5.74) is 2.91. The van der Waals surface area contributed by atoms with Crippen LogP contribution in [0.3, 0.4) is 0 Å². The third-order valence-corrected chi connectivity index (χ3v) is 4.72. The topological polar surface area (TPSA) is 83.2 Å². The maximum absolute atomic E-state index is 9.56. The molecule has 4 rings (SSSR count). The monoisotopic (exact) mass is 306 g/mol. The summed E-state index contributed by atoms with van der Waals surface area (Å²) in [4.78, 5) is 11.7. The van der Waals surface area contributed by atoms with Gasteiger partial charge in [0.1, 0.15) is 18.0 Å². The van der Waals surface area contributed by atoms with Crippen LogP contribution in [0.4, 0.5) is 0 Å². The van der Waals surface area contributed by atoms with Gasteiger partial charge in [-0.2, -0.15) is 10.4 Å². The number of fused-ring (bicyclic) bond motifs is 1. The van der Waals surface area contributed by atoms with E-state index in [0.29, 0.717) is 11.3 Å². The average Bonchev–Trinajstić information content (AvgIpc) is 3.14. The van der Waals surface area contributed by atoms with E-state index in [1.807, 2.05) is 18.5 Å². The minimum Gasteiger partial charge on any atom is -0.346 e. The summed E-state index contributed by atoms with van der Waals surface area (Å²) >= 11 is 0. The number of H-pyrrole nitrogens is 1. The zero-order valence-corrected chi connectivity index (χ0v) is 13.2. The molecule has 0 bridgehead atoms. The normalized spacial score (nSPS) is 18.5. The Hall–Kier alpha value is -2.68. The SMILES string of the molecule is CC1(C)CC(C(C#N)n2cc(-c3ncnc4[nH]ccc34)cn2)C1. The van der Waals surface area contributed by atoms with Gasteiger partial charge in [0.25, 0.3) is 0 Å².